The molecular weight excluding hydrogens is 198 g/mol. The van der Waals surface area contributed by atoms with E-state index in [1.54, 1.807) is 0 Å². The fraction of sp³-hybridized carbons (Fsp3) is 1.00. The first-order chi connectivity index (χ1) is 7.76. The van der Waals surface area contributed by atoms with Crippen LogP contribution >= 0.6 is 0 Å². The second-order valence-corrected chi connectivity index (χ2v) is 6.49. The van der Waals surface area contributed by atoms with E-state index in [1.165, 1.54) is 51.7 Å². The van der Waals surface area contributed by atoms with Crippen molar-refractivity contribution in [2.45, 2.75) is 39.0 Å². The number of hydrogen-bond donors (Lipinski definition) is 0. The molecule has 16 heavy (non-hydrogen) atoms. The van der Waals surface area contributed by atoms with Gasteiger partial charge in [-0.3, -0.25) is 0 Å². The molecule has 0 radical (unpaired) electrons. The zero-order chi connectivity index (χ0) is 11.0. The predicted octanol–water partition coefficient (Wildman–Crippen LogP) is 2.54. The molecule has 2 saturated heterocycles. The number of rotatable bonds is 2. The van der Waals surface area contributed by atoms with Crippen molar-refractivity contribution in [2.75, 3.05) is 32.8 Å². The maximum absolute atomic E-state index is 5.44. The van der Waals surface area contributed by atoms with E-state index in [0.29, 0.717) is 5.41 Å². The molecule has 3 rings (SSSR count). The van der Waals surface area contributed by atoms with Gasteiger partial charge in [0.2, 0.25) is 0 Å². The van der Waals surface area contributed by atoms with Crippen molar-refractivity contribution in [1.82, 2.24) is 4.90 Å². The molecule has 1 aliphatic carbocycles. The van der Waals surface area contributed by atoms with Crippen molar-refractivity contribution in [3.63, 3.8) is 0 Å². The Balaban J connectivity index is 1.54. The number of nitrogens with zero attached hydrogens (tertiary/aromatic N) is 1. The molecule has 0 spiro atoms. The number of likely N-dealkylation sites (tertiary alicyclic amines) is 1. The smallest absolute Gasteiger partial charge is 0.0469 e. The van der Waals surface area contributed by atoms with Crippen LogP contribution in [0.25, 0.3) is 0 Å². The first kappa shape index (κ1) is 11.0. The van der Waals surface area contributed by atoms with E-state index in [-0.39, 0.29) is 0 Å². The Hall–Kier alpha value is -0.0800. The first-order valence-corrected chi connectivity index (χ1v) is 7.06. The zero-order valence-corrected chi connectivity index (χ0v) is 10.6. The van der Waals surface area contributed by atoms with Crippen molar-refractivity contribution in [1.29, 1.82) is 0 Å². The van der Waals surface area contributed by atoms with Crippen LogP contribution in [0.4, 0.5) is 0 Å². The summed E-state index contributed by atoms with van der Waals surface area (Å²) in [5, 5.41) is 0. The molecule has 2 aliphatic heterocycles. The van der Waals surface area contributed by atoms with Crippen LogP contribution in [-0.4, -0.2) is 37.7 Å². The molecule has 2 heterocycles. The van der Waals surface area contributed by atoms with E-state index in [1.807, 2.05) is 0 Å². The summed E-state index contributed by atoms with van der Waals surface area (Å²) in [6.45, 7) is 8.62. The maximum atomic E-state index is 5.44. The molecule has 2 nitrogen and oxygen atoms in total. The standard InChI is InChI=1S/C14H25NO/c1-14-6-2-3-13(14)10-15(11-14)9-12-4-7-16-8-5-12/h12-13H,2-11H2,1H3/t13-,14+/m1/s1. The minimum atomic E-state index is 0.672. The Morgan fingerprint density at radius 3 is 2.81 bits per heavy atom. The molecule has 2 heteroatoms. The second-order valence-electron chi connectivity index (χ2n) is 6.49. The summed E-state index contributed by atoms with van der Waals surface area (Å²) in [6, 6.07) is 0. The Kier molecular flexibility index (Phi) is 2.97. The van der Waals surface area contributed by atoms with Gasteiger partial charge < -0.3 is 9.64 Å². The summed E-state index contributed by atoms with van der Waals surface area (Å²) in [5.41, 5.74) is 0.672. The monoisotopic (exact) mass is 223 g/mol. The molecule has 1 saturated carbocycles. The second kappa shape index (κ2) is 4.30. The average Bonchev–Trinajstić information content (AvgIpc) is 2.74. The number of fused-ring (bicyclic) bond motifs is 1. The van der Waals surface area contributed by atoms with Gasteiger partial charge in [0, 0.05) is 32.8 Å². The Labute approximate surface area is 99.3 Å². The molecule has 2 atom stereocenters. The Bertz CT molecular complexity index is 249. The van der Waals surface area contributed by atoms with Crippen molar-refractivity contribution in [2.24, 2.45) is 17.3 Å². The van der Waals surface area contributed by atoms with Crippen LogP contribution in [0.2, 0.25) is 0 Å². The van der Waals surface area contributed by atoms with Gasteiger partial charge in [-0.1, -0.05) is 13.3 Å². The largest absolute Gasteiger partial charge is 0.381 e. The molecular formula is C14H25NO. The molecule has 0 unspecified atom stereocenters. The van der Waals surface area contributed by atoms with Gasteiger partial charge in [0.15, 0.2) is 0 Å². The van der Waals surface area contributed by atoms with Gasteiger partial charge in [0.25, 0.3) is 0 Å². The molecule has 92 valence electrons. The predicted molar refractivity (Wildman–Crippen MR) is 65.4 cm³/mol. The van der Waals surface area contributed by atoms with Crippen molar-refractivity contribution in [3.8, 4) is 0 Å². The van der Waals surface area contributed by atoms with Crippen molar-refractivity contribution < 1.29 is 4.74 Å². The van der Waals surface area contributed by atoms with E-state index in [2.05, 4.69) is 11.8 Å². The minimum absolute atomic E-state index is 0.672. The average molecular weight is 223 g/mol. The van der Waals surface area contributed by atoms with Gasteiger partial charge in [-0.05, 0) is 42.9 Å². The molecule has 0 N–H and O–H groups in total. The van der Waals surface area contributed by atoms with Gasteiger partial charge in [-0.15, -0.1) is 0 Å². The summed E-state index contributed by atoms with van der Waals surface area (Å²) in [5.74, 6) is 1.92. The number of hydrogen-bond acceptors (Lipinski definition) is 2. The highest BCUT2D eigenvalue weighted by atomic mass is 16.5. The van der Waals surface area contributed by atoms with Gasteiger partial charge in [0.05, 0.1) is 0 Å². The Morgan fingerprint density at radius 1 is 1.25 bits per heavy atom. The zero-order valence-electron chi connectivity index (χ0n) is 10.6. The molecule has 0 aromatic heterocycles. The summed E-state index contributed by atoms with van der Waals surface area (Å²) in [4.78, 5) is 2.75. The highest BCUT2D eigenvalue weighted by Gasteiger charge is 2.45. The Morgan fingerprint density at radius 2 is 2.06 bits per heavy atom. The SMILES string of the molecule is C[C@@]12CCC[C@@H]1CN(CC1CCOCC1)C2. The highest BCUT2D eigenvalue weighted by molar-refractivity contribution is 4.98. The number of ether oxygens (including phenoxy) is 1. The maximum Gasteiger partial charge on any atom is 0.0469 e. The first-order valence-electron chi connectivity index (χ1n) is 7.06. The quantitative estimate of drug-likeness (QED) is 0.713. The van der Waals surface area contributed by atoms with Crippen LogP contribution in [0, 0.1) is 17.3 Å². The van der Waals surface area contributed by atoms with E-state index < -0.39 is 0 Å². The summed E-state index contributed by atoms with van der Waals surface area (Å²) >= 11 is 0. The lowest BCUT2D eigenvalue weighted by Gasteiger charge is -2.28. The molecule has 0 aromatic carbocycles. The topological polar surface area (TPSA) is 12.5 Å². The highest BCUT2D eigenvalue weighted by Crippen LogP contribution is 2.48. The van der Waals surface area contributed by atoms with Gasteiger partial charge in [-0.25, -0.2) is 0 Å². The van der Waals surface area contributed by atoms with E-state index in [0.717, 1.165) is 25.0 Å². The molecule has 3 fully saturated rings. The van der Waals surface area contributed by atoms with Crippen LogP contribution in [-0.2, 0) is 4.74 Å². The lowest BCUT2D eigenvalue weighted by atomic mass is 9.83. The van der Waals surface area contributed by atoms with E-state index >= 15 is 0 Å². The van der Waals surface area contributed by atoms with Gasteiger partial charge in [0.1, 0.15) is 0 Å². The van der Waals surface area contributed by atoms with Crippen LogP contribution in [0.15, 0.2) is 0 Å². The summed E-state index contributed by atoms with van der Waals surface area (Å²) in [7, 11) is 0. The third-order valence-electron chi connectivity index (χ3n) is 5.21. The van der Waals surface area contributed by atoms with Crippen LogP contribution in [0.5, 0.6) is 0 Å². The van der Waals surface area contributed by atoms with Crippen LogP contribution in [0.3, 0.4) is 0 Å². The third kappa shape index (κ3) is 2.02. The summed E-state index contributed by atoms with van der Waals surface area (Å²) in [6.07, 6.45) is 7.02. The minimum Gasteiger partial charge on any atom is -0.381 e. The third-order valence-corrected chi connectivity index (χ3v) is 5.21. The molecule has 0 bridgehead atoms. The van der Waals surface area contributed by atoms with Gasteiger partial charge in [-0.2, -0.15) is 0 Å². The normalized spacial score (nSPS) is 41.4. The van der Waals surface area contributed by atoms with E-state index in [9.17, 15) is 0 Å². The van der Waals surface area contributed by atoms with Crippen molar-refractivity contribution >= 4 is 0 Å². The molecule has 0 amide bonds. The fourth-order valence-corrected chi connectivity index (χ4v) is 4.14. The van der Waals surface area contributed by atoms with Gasteiger partial charge >= 0.3 is 0 Å². The fourth-order valence-electron chi connectivity index (χ4n) is 4.14. The van der Waals surface area contributed by atoms with Crippen LogP contribution in [0.1, 0.15) is 39.0 Å². The molecule has 0 aromatic rings. The van der Waals surface area contributed by atoms with Crippen LogP contribution < -0.4 is 0 Å². The molecule has 3 aliphatic rings. The van der Waals surface area contributed by atoms with E-state index in [4.69, 9.17) is 4.74 Å². The van der Waals surface area contributed by atoms with Crippen molar-refractivity contribution in [3.05, 3.63) is 0 Å². The lowest BCUT2D eigenvalue weighted by Crippen LogP contribution is -2.32. The summed E-state index contributed by atoms with van der Waals surface area (Å²) < 4.78 is 5.44. The lowest BCUT2D eigenvalue weighted by molar-refractivity contribution is 0.0539.